The molecule has 0 heterocycles. The van der Waals surface area contributed by atoms with E-state index in [1.807, 2.05) is 20.8 Å². The lowest BCUT2D eigenvalue weighted by Gasteiger charge is -2.33. The molecular formula is C17H34N2O2. The van der Waals surface area contributed by atoms with Crippen LogP contribution in [0.2, 0.25) is 0 Å². The highest BCUT2D eigenvalue weighted by molar-refractivity contribution is 5.67. The number of rotatable bonds is 5. The number of carbonyl (C=O) groups is 1. The van der Waals surface area contributed by atoms with Crippen molar-refractivity contribution < 1.29 is 9.53 Å². The van der Waals surface area contributed by atoms with Crippen molar-refractivity contribution in [2.75, 3.05) is 6.54 Å². The first-order chi connectivity index (χ1) is 9.67. The van der Waals surface area contributed by atoms with Crippen molar-refractivity contribution in [3.05, 3.63) is 0 Å². The first-order valence-corrected chi connectivity index (χ1v) is 8.40. The molecule has 4 heteroatoms. The van der Waals surface area contributed by atoms with Crippen molar-refractivity contribution in [2.24, 2.45) is 11.8 Å². The van der Waals surface area contributed by atoms with Crippen LogP contribution in [0.4, 0.5) is 4.79 Å². The summed E-state index contributed by atoms with van der Waals surface area (Å²) in [5.74, 6) is 1.69. The molecule has 0 spiro atoms. The van der Waals surface area contributed by atoms with E-state index in [1.54, 1.807) is 0 Å². The van der Waals surface area contributed by atoms with Gasteiger partial charge in [-0.3, -0.25) is 0 Å². The molecule has 0 saturated heterocycles. The standard InChI is InChI=1S/C17H34N2O2/c1-12(2)14-7-9-15(10-8-14)19-13(3)11-18-16(20)21-17(4,5)6/h12-15,19H,7-11H2,1-6H3,(H,18,20). The summed E-state index contributed by atoms with van der Waals surface area (Å²) in [6.07, 6.45) is 4.81. The van der Waals surface area contributed by atoms with E-state index >= 15 is 0 Å². The number of amides is 1. The summed E-state index contributed by atoms with van der Waals surface area (Å²) in [6.45, 7) is 13.0. The van der Waals surface area contributed by atoms with Crippen molar-refractivity contribution >= 4 is 6.09 Å². The topological polar surface area (TPSA) is 50.4 Å². The first kappa shape index (κ1) is 18.3. The lowest BCUT2D eigenvalue weighted by atomic mass is 9.79. The Morgan fingerprint density at radius 2 is 1.71 bits per heavy atom. The molecule has 0 aliphatic heterocycles. The van der Waals surface area contributed by atoms with E-state index in [4.69, 9.17) is 4.74 Å². The Labute approximate surface area is 130 Å². The van der Waals surface area contributed by atoms with E-state index in [0.717, 1.165) is 11.8 Å². The fourth-order valence-electron chi connectivity index (χ4n) is 2.96. The van der Waals surface area contributed by atoms with Gasteiger partial charge in [-0.2, -0.15) is 0 Å². The van der Waals surface area contributed by atoms with Gasteiger partial charge < -0.3 is 15.4 Å². The second kappa shape index (κ2) is 8.02. The highest BCUT2D eigenvalue weighted by Crippen LogP contribution is 2.29. The van der Waals surface area contributed by atoms with Gasteiger partial charge in [-0.25, -0.2) is 4.79 Å². The lowest BCUT2D eigenvalue weighted by molar-refractivity contribution is 0.0522. The monoisotopic (exact) mass is 298 g/mol. The van der Waals surface area contributed by atoms with Crippen molar-refractivity contribution in [1.29, 1.82) is 0 Å². The maximum Gasteiger partial charge on any atom is 0.407 e. The number of hydrogen-bond donors (Lipinski definition) is 2. The number of nitrogens with one attached hydrogen (secondary N) is 2. The minimum atomic E-state index is -0.435. The van der Waals surface area contributed by atoms with Gasteiger partial charge in [0.05, 0.1) is 0 Å². The quantitative estimate of drug-likeness (QED) is 0.813. The zero-order valence-electron chi connectivity index (χ0n) is 14.7. The van der Waals surface area contributed by atoms with Crippen LogP contribution >= 0.6 is 0 Å². The van der Waals surface area contributed by atoms with Gasteiger partial charge in [0.25, 0.3) is 0 Å². The second-order valence-electron chi connectivity index (χ2n) is 7.81. The van der Waals surface area contributed by atoms with Gasteiger partial charge in [-0.15, -0.1) is 0 Å². The van der Waals surface area contributed by atoms with E-state index in [-0.39, 0.29) is 12.1 Å². The van der Waals surface area contributed by atoms with Crippen LogP contribution in [0.3, 0.4) is 0 Å². The molecule has 0 aromatic rings. The SMILES string of the molecule is CC(CNC(=O)OC(C)(C)C)NC1CCC(C(C)C)CC1. The first-order valence-electron chi connectivity index (χ1n) is 8.40. The summed E-state index contributed by atoms with van der Waals surface area (Å²) in [6, 6.07) is 0.869. The molecule has 1 aliphatic rings. The Morgan fingerprint density at radius 3 is 2.19 bits per heavy atom. The fraction of sp³-hybridized carbons (Fsp3) is 0.941. The molecule has 1 unspecified atom stereocenters. The zero-order valence-corrected chi connectivity index (χ0v) is 14.7. The third kappa shape index (κ3) is 7.70. The predicted octanol–water partition coefficient (Wildman–Crippen LogP) is 3.70. The summed E-state index contributed by atoms with van der Waals surface area (Å²) in [5, 5.41) is 6.46. The summed E-state index contributed by atoms with van der Waals surface area (Å²) in [5.41, 5.74) is -0.435. The Balaban J connectivity index is 2.20. The van der Waals surface area contributed by atoms with Crippen LogP contribution in [-0.2, 0) is 4.74 Å². The molecular weight excluding hydrogens is 264 g/mol. The van der Waals surface area contributed by atoms with Crippen molar-refractivity contribution in [3.63, 3.8) is 0 Å². The van der Waals surface area contributed by atoms with Crippen molar-refractivity contribution in [2.45, 2.75) is 84.9 Å². The normalized spacial score (nSPS) is 24.7. The minimum Gasteiger partial charge on any atom is -0.444 e. The average Bonchev–Trinajstić information content (AvgIpc) is 2.35. The Kier molecular flexibility index (Phi) is 6.98. The molecule has 124 valence electrons. The molecule has 0 aromatic carbocycles. The molecule has 4 nitrogen and oxygen atoms in total. The average molecular weight is 298 g/mol. The number of alkyl carbamates (subject to hydrolysis) is 1. The van der Waals surface area contributed by atoms with Crippen LogP contribution in [0, 0.1) is 11.8 Å². The number of hydrogen-bond acceptors (Lipinski definition) is 3. The van der Waals surface area contributed by atoms with Gasteiger partial charge in [0.15, 0.2) is 0 Å². The Bertz CT molecular complexity index is 315. The van der Waals surface area contributed by atoms with Gasteiger partial charge in [0, 0.05) is 18.6 Å². The van der Waals surface area contributed by atoms with Gasteiger partial charge >= 0.3 is 6.09 Å². The molecule has 2 N–H and O–H groups in total. The highest BCUT2D eigenvalue weighted by Gasteiger charge is 2.24. The van der Waals surface area contributed by atoms with E-state index in [9.17, 15) is 4.79 Å². The Hall–Kier alpha value is -0.770. The van der Waals surface area contributed by atoms with E-state index < -0.39 is 5.60 Å². The van der Waals surface area contributed by atoms with Gasteiger partial charge in [0.2, 0.25) is 0 Å². The van der Waals surface area contributed by atoms with E-state index in [0.29, 0.717) is 12.6 Å². The van der Waals surface area contributed by atoms with Gasteiger partial charge in [0.1, 0.15) is 5.60 Å². The molecule has 1 atom stereocenters. The third-order valence-corrected chi connectivity index (χ3v) is 4.19. The zero-order chi connectivity index (χ0) is 16.0. The number of carbonyl (C=O) groups excluding carboxylic acids is 1. The number of ether oxygens (including phenoxy) is 1. The largest absolute Gasteiger partial charge is 0.444 e. The fourth-order valence-corrected chi connectivity index (χ4v) is 2.96. The van der Waals surface area contributed by atoms with Gasteiger partial charge in [-0.1, -0.05) is 13.8 Å². The minimum absolute atomic E-state index is 0.276. The molecule has 0 aromatic heterocycles. The predicted molar refractivity (Wildman–Crippen MR) is 87.4 cm³/mol. The van der Waals surface area contributed by atoms with Crippen LogP contribution in [0.5, 0.6) is 0 Å². The lowest BCUT2D eigenvalue weighted by Crippen LogP contribution is -2.46. The van der Waals surface area contributed by atoms with Crippen LogP contribution in [0.15, 0.2) is 0 Å². The molecule has 1 aliphatic carbocycles. The second-order valence-corrected chi connectivity index (χ2v) is 7.81. The molecule has 0 bridgehead atoms. The van der Waals surface area contributed by atoms with E-state index in [2.05, 4.69) is 31.4 Å². The summed E-state index contributed by atoms with van der Waals surface area (Å²) < 4.78 is 5.24. The summed E-state index contributed by atoms with van der Waals surface area (Å²) in [7, 11) is 0. The molecule has 1 saturated carbocycles. The Morgan fingerprint density at radius 1 is 1.14 bits per heavy atom. The van der Waals surface area contributed by atoms with Crippen LogP contribution in [0.25, 0.3) is 0 Å². The molecule has 1 fully saturated rings. The van der Waals surface area contributed by atoms with Crippen LogP contribution in [-0.4, -0.2) is 30.3 Å². The third-order valence-electron chi connectivity index (χ3n) is 4.19. The van der Waals surface area contributed by atoms with Crippen LogP contribution < -0.4 is 10.6 Å². The maximum absolute atomic E-state index is 11.6. The maximum atomic E-state index is 11.6. The smallest absolute Gasteiger partial charge is 0.407 e. The van der Waals surface area contributed by atoms with E-state index in [1.165, 1.54) is 25.7 Å². The summed E-state index contributed by atoms with van der Waals surface area (Å²) in [4.78, 5) is 11.6. The molecule has 1 amide bonds. The van der Waals surface area contributed by atoms with Gasteiger partial charge in [-0.05, 0) is 65.2 Å². The molecule has 1 rings (SSSR count). The molecule has 21 heavy (non-hydrogen) atoms. The molecule has 0 radical (unpaired) electrons. The van der Waals surface area contributed by atoms with Crippen LogP contribution in [0.1, 0.15) is 67.2 Å². The summed E-state index contributed by atoms with van der Waals surface area (Å²) >= 11 is 0. The highest BCUT2D eigenvalue weighted by atomic mass is 16.6. The van der Waals surface area contributed by atoms with Crippen molar-refractivity contribution in [3.8, 4) is 0 Å². The van der Waals surface area contributed by atoms with Crippen molar-refractivity contribution in [1.82, 2.24) is 10.6 Å².